The Hall–Kier alpha value is -1.53. The molecule has 4 nitrogen and oxygen atoms in total. The number of hydrogen-bond acceptors (Lipinski definition) is 5. The number of nitrogens with two attached hydrogens (primary N) is 1. The lowest BCUT2D eigenvalue weighted by Gasteiger charge is -2.16. The van der Waals surface area contributed by atoms with E-state index in [4.69, 9.17) is 10.8 Å². The summed E-state index contributed by atoms with van der Waals surface area (Å²) >= 11 is 1.48. The van der Waals surface area contributed by atoms with Gasteiger partial charge in [0.1, 0.15) is 0 Å². The second-order valence-electron chi connectivity index (χ2n) is 5.15. The van der Waals surface area contributed by atoms with Crippen LogP contribution in [0, 0.1) is 0 Å². The van der Waals surface area contributed by atoms with Crippen molar-refractivity contribution >= 4 is 17.4 Å². The lowest BCUT2D eigenvalue weighted by atomic mass is 10.0. The first-order valence-corrected chi connectivity index (χ1v) is 8.12. The summed E-state index contributed by atoms with van der Waals surface area (Å²) in [5.74, 6) is 0.472. The van der Waals surface area contributed by atoms with Crippen LogP contribution in [0.25, 0.3) is 0 Å². The topological polar surface area (TPSA) is 86.7 Å². The van der Waals surface area contributed by atoms with Crippen LogP contribution < -0.4 is 5.73 Å². The maximum absolute atomic E-state index is 10.1. The third-order valence-corrected chi connectivity index (χ3v) is 4.63. The molecule has 5 N–H and O–H groups in total. The summed E-state index contributed by atoms with van der Waals surface area (Å²) < 4.78 is 0. The molecule has 0 fully saturated rings. The molecule has 0 aliphatic carbocycles. The van der Waals surface area contributed by atoms with Crippen molar-refractivity contribution in [2.24, 2.45) is 0 Å². The van der Waals surface area contributed by atoms with Crippen molar-refractivity contribution in [3.63, 3.8) is 0 Å². The van der Waals surface area contributed by atoms with Crippen molar-refractivity contribution in [1.29, 1.82) is 0 Å². The third kappa shape index (κ3) is 4.74. The summed E-state index contributed by atoms with van der Waals surface area (Å²) in [5, 5.41) is 29.2. The highest BCUT2D eigenvalue weighted by Gasteiger charge is 2.14. The molecule has 0 aliphatic rings. The van der Waals surface area contributed by atoms with E-state index < -0.39 is 12.2 Å². The van der Waals surface area contributed by atoms with Crippen molar-refractivity contribution in [2.75, 3.05) is 11.5 Å². The van der Waals surface area contributed by atoms with E-state index >= 15 is 0 Å². The van der Waals surface area contributed by atoms with Crippen molar-refractivity contribution in [3.05, 3.63) is 59.7 Å². The number of rotatable bonds is 7. The minimum Gasteiger partial charge on any atom is -0.398 e. The van der Waals surface area contributed by atoms with Gasteiger partial charge in [0.2, 0.25) is 0 Å². The summed E-state index contributed by atoms with van der Waals surface area (Å²) in [5.41, 5.74) is 8.08. The van der Waals surface area contributed by atoms with Crippen molar-refractivity contribution in [2.45, 2.75) is 30.1 Å². The maximum Gasteiger partial charge on any atom is 0.0815 e. The number of aliphatic hydroxyl groups is 3. The van der Waals surface area contributed by atoms with E-state index in [1.54, 1.807) is 24.3 Å². The van der Waals surface area contributed by atoms with Crippen LogP contribution in [0.3, 0.4) is 0 Å². The van der Waals surface area contributed by atoms with E-state index in [2.05, 4.69) is 0 Å². The molecule has 0 heterocycles. The average Bonchev–Trinajstić information content (AvgIpc) is 2.54. The standard InChI is InChI=1S/C17H21NO3S/c18-15-3-1-2-4-17(15)22-11-14(20)9-16(21)13-7-5-12(10-19)6-8-13/h1-8,14,16,19-21H,9-11,18H2. The molecule has 0 spiro atoms. The van der Waals surface area contributed by atoms with E-state index in [9.17, 15) is 10.2 Å². The fraction of sp³-hybridized carbons (Fsp3) is 0.294. The number of aliphatic hydroxyl groups excluding tert-OH is 3. The molecule has 0 saturated carbocycles. The first kappa shape index (κ1) is 16.8. The molecule has 0 saturated heterocycles. The van der Waals surface area contributed by atoms with Crippen LogP contribution >= 0.6 is 11.8 Å². The zero-order chi connectivity index (χ0) is 15.9. The van der Waals surface area contributed by atoms with Crippen LogP contribution in [0.2, 0.25) is 0 Å². The summed E-state index contributed by atoms with van der Waals surface area (Å²) in [4.78, 5) is 0.934. The molecule has 0 bridgehead atoms. The molecule has 0 aromatic heterocycles. The number of anilines is 1. The molecule has 22 heavy (non-hydrogen) atoms. The highest BCUT2D eigenvalue weighted by molar-refractivity contribution is 7.99. The SMILES string of the molecule is Nc1ccccc1SCC(O)CC(O)c1ccc(CO)cc1. The van der Waals surface area contributed by atoms with E-state index in [0.29, 0.717) is 11.4 Å². The smallest absolute Gasteiger partial charge is 0.0815 e. The van der Waals surface area contributed by atoms with Crippen LogP contribution in [0.4, 0.5) is 5.69 Å². The number of benzene rings is 2. The minimum atomic E-state index is -0.725. The molecule has 2 aromatic rings. The summed E-state index contributed by atoms with van der Waals surface area (Å²) in [6.45, 7) is -0.0197. The normalized spacial score (nSPS) is 13.8. The van der Waals surface area contributed by atoms with Gasteiger partial charge in [-0.05, 0) is 23.3 Å². The fourth-order valence-corrected chi connectivity index (χ4v) is 3.02. The predicted octanol–water partition coefficient (Wildman–Crippen LogP) is 2.34. The third-order valence-electron chi connectivity index (χ3n) is 3.39. The number of nitrogen functional groups attached to an aromatic ring is 1. The molecule has 5 heteroatoms. The zero-order valence-corrected chi connectivity index (χ0v) is 13.0. The molecule has 118 valence electrons. The largest absolute Gasteiger partial charge is 0.398 e. The van der Waals surface area contributed by atoms with Gasteiger partial charge in [-0.15, -0.1) is 11.8 Å². The van der Waals surface area contributed by atoms with Crippen molar-refractivity contribution in [1.82, 2.24) is 0 Å². The van der Waals surface area contributed by atoms with Crippen molar-refractivity contribution < 1.29 is 15.3 Å². The van der Waals surface area contributed by atoms with Gasteiger partial charge in [0.15, 0.2) is 0 Å². The summed E-state index contributed by atoms with van der Waals surface area (Å²) in [6, 6.07) is 14.6. The van der Waals surface area contributed by atoms with Crippen LogP contribution in [-0.2, 0) is 6.61 Å². The number of para-hydroxylation sites is 1. The molecule has 2 aromatic carbocycles. The van der Waals surface area contributed by atoms with E-state index in [-0.39, 0.29) is 13.0 Å². The Bertz CT molecular complexity index is 589. The van der Waals surface area contributed by atoms with Gasteiger partial charge in [-0.1, -0.05) is 36.4 Å². The van der Waals surface area contributed by atoms with Crippen LogP contribution in [0.5, 0.6) is 0 Å². The van der Waals surface area contributed by atoms with Crippen molar-refractivity contribution in [3.8, 4) is 0 Å². The van der Waals surface area contributed by atoms with E-state index in [1.165, 1.54) is 11.8 Å². The highest BCUT2D eigenvalue weighted by atomic mass is 32.2. The van der Waals surface area contributed by atoms with Crippen LogP contribution in [-0.4, -0.2) is 27.2 Å². The average molecular weight is 319 g/mol. The number of thioether (sulfide) groups is 1. The Balaban J connectivity index is 1.85. The molecular formula is C17H21NO3S. The van der Waals surface area contributed by atoms with Gasteiger partial charge < -0.3 is 21.1 Å². The molecule has 0 amide bonds. The van der Waals surface area contributed by atoms with Gasteiger partial charge >= 0.3 is 0 Å². The quantitative estimate of drug-likeness (QED) is 0.465. The zero-order valence-electron chi connectivity index (χ0n) is 12.2. The highest BCUT2D eigenvalue weighted by Crippen LogP contribution is 2.27. The minimum absolute atomic E-state index is 0.0197. The number of hydrogen-bond donors (Lipinski definition) is 4. The van der Waals surface area contributed by atoms with Crippen LogP contribution in [0.1, 0.15) is 23.7 Å². The predicted molar refractivity (Wildman–Crippen MR) is 89.5 cm³/mol. The van der Waals surface area contributed by atoms with Gasteiger partial charge in [0.05, 0.1) is 18.8 Å². The Morgan fingerprint density at radius 1 is 1.00 bits per heavy atom. The summed E-state index contributed by atoms with van der Waals surface area (Å²) in [6.07, 6.45) is -1.09. The van der Waals surface area contributed by atoms with Gasteiger partial charge in [0, 0.05) is 22.8 Å². The van der Waals surface area contributed by atoms with Gasteiger partial charge in [0.25, 0.3) is 0 Å². The lowest BCUT2D eigenvalue weighted by molar-refractivity contribution is 0.0931. The molecular weight excluding hydrogens is 298 g/mol. The molecule has 0 radical (unpaired) electrons. The molecule has 2 atom stereocenters. The van der Waals surface area contributed by atoms with Gasteiger partial charge in [-0.2, -0.15) is 0 Å². The second-order valence-corrected chi connectivity index (χ2v) is 6.22. The fourth-order valence-electron chi connectivity index (χ4n) is 2.10. The molecule has 2 unspecified atom stereocenters. The molecule has 0 aliphatic heterocycles. The Morgan fingerprint density at radius 2 is 1.68 bits per heavy atom. The monoisotopic (exact) mass is 319 g/mol. The van der Waals surface area contributed by atoms with Gasteiger partial charge in [-0.25, -0.2) is 0 Å². The Kier molecular flexibility index (Phi) is 6.27. The van der Waals surface area contributed by atoms with Crippen LogP contribution in [0.15, 0.2) is 53.4 Å². The second kappa shape index (κ2) is 8.19. The first-order valence-electron chi connectivity index (χ1n) is 7.13. The van der Waals surface area contributed by atoms with E-state index in [0.717, 1.165) is 16.0 Å². The van der Waals surface area contributed by atoms with Gasteiger partial charge in [-0.3, -0.25) is 0 Å². The summed E-state index contributed by atoms with van der Waals surface area (Å²) in [7, 11) is 0. The Morgan fingerprint density at radius 3 is 2.32 bits per heavy atom. The first-order chi connectivity index (χ1) is 10.6. The lowest BCUT2D eigenvalue weighted by Crippen LogP contribution is -2.15. The molecule has 2 rings (SSSR count). The Labute approximate surface area is 134 Å². The van der Waals surface area contributed by atoms with E-state index in [1.807, 2.05) is 24.3 Å². The maximum atomic E-state index is 10.1.